The summed E-state index contributed by atoms with van der Waals surface area (Å²) in [5.74, 6) is 0.736. The van der Waals surface area contributed by atoms with Gasteiger partial charge in [-0.05, 0) is 19.3 Å². The van der Waals surface area contributed by atoms with E-state index in [1.165, 1.54) is 0 Å². The van der Waals surface area contributed by atoms with E-state index in [0.29, 0.717) is 5.69 Å². The molecule has 0 aliphatic rings. The maximum absolute atomic E-state index is 7.12. The Hall–Kier alpha value is -1.43. The fourth-order valence-corrected chi connectivity index (χ4v) is 1.36. The summed E-state index contributed by atoms with van der Waals surface area (Å²) < 4.78 is 0. The molecule has 74 valence electrons. The number of aryl methyl sites for hydroxylation is 2. The second kappa shape index (κ2) is 3.38. The van der Waals surface area contributed by atoms with E-state index in [1.54, 1.807) is 0 Å². The number of rotatable bonds is 0. The average molecular weight is 189 g/mol. The molecule has 0 fully saturated rings. The van der Waals surface area contributed by atoms with Gasteiger partial charge in [0.1, 0.15) is 5.82 Å². The Balaban J connectivity index is 3.50. The van der Waals surface area contributed by atoms with Crippen LogP contribution in [0.1, 0.15) is 38.0 Å². The number of nitrogens with zero attached hydrogens (tertiary/aromatic N) is 3. The minimum atomic E-state index is -0.0989. The van der Waals surface area contributed by atoms with E-state index < -0.39 is 0 Å². The Labute approximate surface area is 85.0 Å². The lowest BCUT2D eigenvalue weighted by Crippen LogP contribution is -2.15. The maximum atomic E-state index is 7.12. The molecule has 0 spiro atoms. The summed E-state index contributed by atoms with van der Waals surface area (Å²) in [5.41, 5.74) is 2.12. The molecular formula is C11H15N3. The smallest absolute Gasteiger partial charge is 0.229 e. The second-order valence-corrected chi connectivity index (χ2v) is 4.42. The van der Waals surface area contributed by atoms with E-state index in [9.17, 15) is 0 Å². The Morgan fingerprint density at radius 1 is 1.14 bits per heavy atom. The van der Waals surface area contributed by atoms with Crippen LogP contribution < -0.4 is 0 Å². The van der Waals surface area contributed by atoms with Crippen molar-refractivity contribution >= 4 is 5.69 Å². The molecular weight excluding hydrogens is 174 g/mol. The summed E-state index contributed by atoms with van der Waals surface area (Å²) in [6.45, 7) is 17.0. The molecule has 0 saturated carbocycles. The highest BCUT2D eigenvalue weighted by Crippen LogP contribution is 2.31. The first-order chi connectivity index (χ1) is 6.36. The minimum absolute atomic E-state index is 0.0989. The van der Waals surface area contributed by atoms with Crippen molar-refractivity contribution in [1.82, 2.24) is 9.97 Å². The Morgan fingerprint density at radius 3 is 2.14 bits per heavy atom. The zero-order chi connectivity index (χ0) is 10.9. The summed E-state index contributed by atoms with van der Waals surface area (Å²) >= 11 is 0. The van der Waals surface area contributed by atoms with Crippen LogP contribution in [0.2, 0.25) is 0 Å². The summed E-state index contributed by atoms with van der Waals surface area (Å²) in [4.78, 5) is 12.0. The Kier molecular flexibility index (Phi) is 2.57. The zero-order valence-corrected chi connectivity index (χ0v) is 9.34. The van der Waals surface area contributed by atoms with Crippen LogP contribution in [0.3, 0.4) is 0 Å². The third-order valence-corrected chi connectivity index (χ3v) is 1.99. The molecule has 1 heterocycles. The van der Waals surface area contributed by atoms with Gasteiger partial charge in [0.15, 0.2) is 0 Å². The lowest BCUT2D eigenvalue weighted by molar-refractivity contribution is 0.566. The molecule has 0 amide bonds. The Bertz CT molecular complexity index is 394. The highest BCUT2D eigenvalue weighted by Gasteiger charge is 2.22. The van der Waals surface area contributed by atoms with Gasteiger partial charge in [-0.15, -0.1) is 0 Å². The van der Waals surface area contributed by atoms with Crippen LogP contribution >= 0.6 is 0 Å². The number of aromatic nitrogens is 2. The monoisotopic (exact) mass is 189 g/mol. The standard InChI is InChI=1S/C11H15N3/c1-7-9(12-6)10(11(3,4)5)14-8(2)13-7/h1-5H3. The van der Waals surface area contributed by atoms with Crippen molar-refractivity contribution in [3.05, 3.63) is 28.6 Å². The Morgan fingerprint density at radius 2 is 1.71 bits per heavy atom. The van der Waals surface area contributed by atoms with Gasteiger partial charge in [0.2, 0.25) is 5.69 Å². The van der Waals surface area contributed by atoms with Crippen molar-refractivity contribution in [2.75, 3.05) is 0 Å². The van der Waals surface area contributed by atoms with Gasteiger partial charge in [-0.3, -0.25) is 4.98 Å². The second-order valence-electron chi connectivity index (χ2n) is 4.42. The third kappa shape index (κ3) is 1.90. The lowest BCUT2D eigenvalue weighted by Gasteiger charge is -2.20. The van der Waals surface area contributed by atoms with Gasteiger partial charge in [-0.2, -0.15) is 0 Å². The van der Waals surface area contributed by atoms with E-state index >= 15 is 0 Å². The van der Waals surface area contributed by atoms with Gasteiger partial charge in [0.05, 0.1) is 12.3 Å². The minimum Gasteiger partial charge on any atom is -0.250 e. The molecule has 3 heteroatoms. The average Bonchev–Trinajstić information content (AvgIpc) is 2.01. The quantitative estimate of drug-likeness (QED) is 0.587. The van der Waals surface area contributed by atoms with E-state index in [4.69, 9.17) is 6.57 Å². The topological polar surface area (TPSA) is 30.1 Å². The molecule has 0 aliphatic carbocycles. The molecule has 0 radical (unpaired) electrons. The van der Waals surface area contributed by atoms with Crippen molar-refractivity contribution in [1.29, 1.82) is 0 Å². The van der Waals surface area contributed by atoms with Crippen molar-refractivity contribution in [3.8, 4) is 0 Å². The van der Waals surface area contributed by atoms with E-state index in [-0.39, 0.29) is 5.41 Å². The van der Waals surface area contributed by atoms with E-state index in [0.717, 1.165) is 17.2 Å². The highest BCUT2D eigenvalue weighted by atomic mass is 14.9. The molecule has 1 aromatic heterocycles. The molecule has 14 heavy (non-hydrogen) atoms. The van der Waals surface area contributed by atoms with Crippen LogP contribution in [0.5, 0.6) is 0 Å². The summed E-state index contributed by atoms with van der Waals surface area (Å²) in [6, 6.07) is 0. The first kappa shape index (κ1) is 10.6. The molecule has 0 saturated heterocycles. The lowest BCUT2D eigenvalue weighted by atomic mass is 9.90. The van der Waals surface area contributed by atoms with Crippen LogP contribution in [0.15, 0.2) is 0 Å². The SMILES string of the molecule is [C-]#[N+]c1c(C)nc(C)nc1C(C)(C)C. The molecule has 1 aromatic rings. The van der Waals surface area contributed by atoms with Crippen LogP contribution in [-0.2, 0) is 5.41 Å². The molecule has 3 nitrogen and oxygen atoms in total. The number of hydrogen-bond donors (Lipinski definition) is 0. The van der Waals surface area contributed by atoms with Crippen molar-refractivity contribution in [3.63, 3.8) is 0 Å². The predicted octanol–water partition coefficient (Wildman–Crippen LogP) is 2.94. The van der Waals surface area contributed by atoms with Gasteiger partial charge >= 0.3 is 0 Å². The third-order valence-electron chi connectivity index (χ3n) is 1.99. The first-order valence-corrected chi connectivity index (χ1v) is 4.59. The van der Waals surface area contributed by atoms with Gasteiger partial charge < -0.3 is 0 Å². The van der Waals surface area contributed by atoms with Gasteiger partial charge in [-0.1, -0.05) is 20.8 Å². The summed E-state index contributed by atoms with van der Waals surface area (Å²) in [6.07, 6.45) is 0. The molecule has 1 rings (SSSR count). The molecule has 0 aromatic carbocycles. The van der Waals surface area contributed by atoms with E-state index in [1.807, 2.05) is 13.8 Å². The summed E-state index contributed by atoms with van der Waals surface area (Å²) in [7, 11) is 0. The van der Waals surface area contributed by atoms with Crippen molar-refractivity contribution in [2.45, 2.75) is 40.0 Å². The van der Waals surface area contributed by atoms with Gasteiger partial charge in [0, 0.05) is 5.69 Å². The summed E-state index contributed by atoms with van der Waals surface area (Å²) in [5, 5.41) is 0. The van der Waals surface area contributed by atoms with Crippen LogP contribution in [0, 0.1) is 20.4 Å². The molecule has 0 unspecified atom stereocenters. The maximum Gasteiger partial charge on any atom is 0.229 e. The largest absolute Gasteiger partial charge is 0.250 e. The van der Waals surface area contributed by atoms with Gasteiger partial charge in [-0.25, -0.2) is 9.83 Å². The zero-order valence-electron chi connectivity index (χ0n) is 9.34. The van der Waals surface area contributed by atoms with Gasteiger partial charge in [0.25, 0.3) is 0 Å². The van der Waals surface area contributed by atoms with Crippen LogP contribution in [0.4, 0.5) is 5.69 Å². The molecule has 0 bridgehead atoms. The fourth-order valence-electron chi connectivity index (χ4n) is 1.36. The predicted molar refractivity (Wildman–Crippen MR) is 56.5 cm³/mol. The van der Waals surface area contributed by atoms with Crippen molar-refractivity contribution in [2.24, 2.45) is 0 Å². The molecule has 0 aliphatic heterocycles. The number of hydrogen-bond acceptors (Lipinski definition) is 2. The molecule has 0 N–H and O–H groups in total. The fraction of sp³-hybridized carbons (Fsp3) is 0.545. The normalized spacial score (nSPS) is 11.1. The van der Waals surface area contributed by atoms with Crippen molar-refractivity contribution < 1.29 is 0 Å². The van der Waals surface area contributed by atoms with E-state index in [2.05, 4.69) is 35.6 Å². The first-order valence-electron chi connectivity index (χ1n) is 4.59. The van der Waals surface area contributed by atoms with Crippen LogP contribution in [-0.4, -0.2) is 9.97 Å². The highest BCUT2D eigenvalue weighted by molar-refractivity contribution is 5.55. The van der Waals surface area contributed by atoms with Crippen LogP contribution in [0.25, 0.3) is 4.85 Å². The molecule has 0 atom stereocenters.